The number of phosphoric ester groups is 1. The molecule has 0 aliphatic carbocycles. The SMILES string of the molecule is CC/C=C\CC1OC1C/C=C\C/C=C\C/C=C\C/C=C\CCC(=O)O[C@H](COC(=O)CCCCCCCCCCC/C=C\CCCCCCCC)COP(=O)(O)OCC[N+](C)(C)C. The second-order valence-corrected chi connectivity index (χ2v) is 19.3. The van der Waals surface area contributed by atoms with Crippen molar-refractivity contribution in [3.63, 3.8) is 0 Å². The fourth-order valence-electron chi connectivity index (χ4n) is 6.66. The van der Waals surface area contributed by atoms with Crippen molar-refractivity contribution in [3.05, 3.63) is 72.9 Å². The molecule has 1 fully saturated rings. The molecule has 3 unspecified atom stereocenters. The molecule has 362 valence electrons. The highest BCUT2D eigenvalue weighted by molar-refractivity contribution is 7.47. The van der Waals surface area contributed by atoms with Gasteiger partial charge < -0.3 is 23.6 Å². The van der Waals surface area contributed by atoms with E-state index in [1.54, 1.807) is 0 Å². The van der Waals surface area contributed by atoms with Crippen LogP contribution in [0.4, 0.5) is 0 Å². The van der Waals surface area contributed by atoms with Crippen LogP contribution in [0.5, 0.6) is 0 Å². The van der Waals surface area contributed by atoms with Gasteiger partial charge in [0.2, 0.25) is 0 Å². The van der Waals surface area contributed by atoms with Crippen molar-refractivity contribution in [1.82, 2.24) is 0 Å². The number of quaternary nitrogens is 1. The molecule has 1 aliphatic rings. The molecule has 63 heavy (non-hydrogen) atoms. The van der Waals surface area contributed by atoms with Crippen LogP contribution in [-0.2, 0) is 37.4 Å². The number of hydrogen-bond donors (Lipinski definition) is 1. The predicted octanol–water partition coefficient (Wildman–Crippen LogP) is 13.6. The zero-order valence-corrected chi connectivity index (χ0v) is 41.4. The van der Waals surface area contributed by atoms with Gasteiger partial charge in [-0.05, 0) is 77.0 Å². The summed E-state index contributed by atoms with van der Waals surface area (Å²) in [6.45, 7) is 4.21. The minimum Gasteiger partial charge on any atom is -0.462 e. The standard InChI is InChI=1S/C52H90NO9P/c1-6-8-10-11-12-13-14-15-16-17-18-19-20-21-25-28-31-34-38-42-51(54)58-46-48(47-60-63(56,57)59-45-44-53(3,4)5)61-52(55)43-39-35-32-29-26-23-22-24-27-30-33-37-41-50-49(62-50)40-36-9-7-2/h9,15-16,23-24,26-27,32-33,35-37,48-50H,6-8,10-14,17-22,25,28-31,34,38-47H2,1-5H3/p+1/b16-15-,26-23-,27-24-,35-32-,36-9-,37-33-/t48-,49?,50?/m1/s1. The number of carbonyl (C=O) groups excluding carboxylic acids is 2. The van der Waals surface area contributed by atoms with Crippen molar-refractivity contribution in [2.24, 2.45) is 0 Å². The van der Waals surface area contributed by atoms with E-state index in [0.29, 0.717) is 29.7 Å². The molecule has 0 radical (unpaired) electrons. The molecule has 11 heteroatoms. The minimum absolute atomic E-state index is 0.0128. The maximum atomic E-state index is 12.7. The molecule has 0 bridgehead atoms. The van der Waals surface area contributed by atoms with E-state index in [1.807, 2.05) is 33.3 Å². The van der Waals surface area contributed by atoms with Gasteiger partial charge in [0.05, 0.1) is 40.0 Å². The largest absolute Gasteiger partial charge is 0.472 e. The topological polar surface area (TPSA) is 121 Å². The number of allylic oxidation sites excluding steroid dienone is 10. The average molecular weight is 905 g/mol. The summed E-state index contributed by atoms with van der Waals surface area (Å²) in [6, 6.07) is 0. The van der Waals surface area contributed by atoms with E-state index < -0.39 is 32.5 Å². The highest BCUT2D eigenvalue weighted by atomic mass is 31.2. The molecule has 1 heterocycles. The third-order valence-electron chi connectivity index (χ3n) is 10.6. The van der Waals surface area contributed by atoms with Crippen LogP contribution in [0, 0.1) is 0 Å². The van der Waals surface area contributed by atoms with Crippen LogP contribution >= 0.6 is 7.82 Å². The molecule has 1 rings (SSSR count). The summed E-state index contributed by atoms with van der Waals surface area (Å²) in [5, 5.41) is 0. The van der Waals surface area contributed by atoms with Gasteiger partial charge in [-0.2, -0.15) is 0 Å². The lowest BCUT2D eigenvalue weighted by molar-refractivity contribution is -0.870. The second-order valence-electron chi connectivity index (χ2n) is 17.9. The summed E-state index contributed by atoms with van der Waals surface area (Å²) in [5.74, 6) is -0.905. The van der Waals surface area contributed by atoms with Crippen LogP contribution in [0.2, 0.25) is 0 Å². The number of esters is 2. The molecule has 1 aliphatic heterocycles. The fourth-order valence-corrected chi connectivity index (χ4v) is 7.41. The maximum absolute atomic E-state index is 12.7. The number of rotatable bonds is 43. The quantitative estimate of drug-likeness (QED) is 0.0159. The predicted molar refractivity (Wildman–Crippen MR) is 260 cm³/mol. The molecule has 0 saturated carbocycles. The molecular weight excluding hydrogens is 814 g/mol. The zero-order chi connectivity index (χ0) is 46.1. The Labute approximate surface area is 384 Å². The molecule has 0 aromatic heterocycles. The number of carbonyl (C=O) groups is 2. The highest BCUT2D eigenvalue weighted by Crippen LogP contribution is 2.43. The summed E-state index contributed by atoms with van der Waals surface area (Å²) in [5.41, 5.74) is 0. The molecule has 1 saturated heterocycles. The molecule has 0 aromatic rings. The smallest absolute Gasteiger partial charge is 0.462 e. The number of hydrogen-bond acceptors (Lipinski definition) is 8. The van der Waals surface area contributed by atoms with Gasteiger partial charge in [-0.1, -0.05) is 164 Å². The Kier molecular flexibility index (Phi) is 36.9. The van der Waals surface area contributed by atoms with Gasteiger partial charge in [0, 0.05) is 12.8 Å². The molecule has 1 N–H and O–H groups in total. The Morgan fingerprint density at radius 2 is 1.08 bits per heavy atom. The first-order valence-electron chi connectivity index (χ1n) is 24.8. The van der Waals surface area contributed by atoms with Crippen molar-refractivity contribution in [2.45, 2.75) is 199 Å². The molecule has 0 spiro atoms. The van der Waals surface area contributed by atoms with Crippen LogP contribution < -0.4 is 0 Å². The third kappa shape index (κ3) is 40.6. The van der Waals surface area contributed by atoms with E-state index in [9.17, 15) is 19.0 Å². The number of nitrogens with zero attached hydrogens (tertiary/aromatic N) is 1. The summed E-state index contributed by atoms with van der Waals surface area (Å²) in [7, 11) is 1.42. The van der Waals surface area contributed by atoms with Crippen molar-refractivity contribution in [3.8, 4) is 0 Å². The number of epoxide rings is 1. The van der Waals surface area contributed by atoms with E-state index in [-0.39, 0.29) is 26.1 Å². The first kappa shape index (κ1) is 58.4. The van der Waals surface area contributed by atoms with E-state index >= 15 is 0 Å². The summed E-state index contributed by atoms with van der Waals surface area (Å²) in [6.07, 6.45) is 52.9. The highest BCUT2D eigenvalue weighted by Gasteiger charge is 2.36. The van der Waals surface area contributed by atoms with Crippen LogP contribution in [-0.4, -0.2) is 87.1 Å². The van der Waals surface area contributed by atoms with Gasteiger partial charge in [-0.3, -0.25) is 18.6 Å². The molecule has 4 atom stereocenters. The van der Waals surface area contributed by atoms with Gasteiger partial charge in [0.15, 0.2) is 6.10 Å². The van der Waals surface area contributed by atoms with E-state index in [2.05, 4.69) is 74.6 Å². The van der Waals surface area contributed by atoms with Crippen LogP contribution in [0.1, 0.15) is 181 Å². The van der Waals surface area contributed by atoms with E-state index in [4.69, 9.17) is 23.3 Å². The third-order valence-corrected chi connectivity index (χ3v) is 11.6. The van der Waals surface area contributed by atoms with Gasteiger partial charge in [0.25, 0.3) is 0 Å². The van der Waals surface area contributed by atoms with Crippen molar-refractivity contribution >= 4 is 19.8 Å². The first-order valence-corrected chi connectivity index (χ1v) is 26.3. The number of unbranched alkanes of at least 4 members (excludes halogenated alkanes) is 15. The van der Waals surface area contributed by atoms with Crippen molar-refractivity contribution < 1.29 is 46.8 Å². The van der Waals surface area contributed by atoms with Gasteiger partial charge in [-0.15, -0.1) is 0 Å². The Morgan fingerprint density at radius 1 is 0.587 bits per heavy atom. The Hall–Kier alpha value is -2.59. The number of ether oxygens (including phenoxy) is 3. The maximum Gasteiger partial charge on any atom is 0.472 e. The molecule has 0 amide bonds. The normalized spacial score (nSPS) is 17.3. The Morgan fingerprint density at radius 3 is 1.63 bits per heavy atom. The fraction of sp³-hybridized carbons (Fsp3) is 0.731. The van der Waals surface area contributed by atoms with Crippen LogP contribution in [0.3, 0.4) is 0 Å². The van der Waals surface area contributed by atoms with Crippen molar-refractivity contribution in [1.29, 1.82) is 0 Å². The first-order chi connectivity index (χ1) is 30.5. The van der Waals surface area contributed by atoms with Crippen LogP contribution in [0.25, 0.3) is 0 Å². The van der Waals surface area contributed by atoms with E-state index in [0.717, 1.165) is 57.8 Å². The van der Waals surface area contributed by atoms with Crippen molar-refractivity contribution in [2.75, 3.05) is 47.5 Å². The molecule has 0 aromatic carbocycles. The lowest BCUT2D eigenvalue weighted by Crippen LogP contribution is -2.37. The Bertz CT molecular complexity index is 1370. The average Bonchev–Trinajstić information content (AvgIpc) is 3.99. The Balaban J connectivity index is 2.28. The number of phosphoric acid groups is 1. The van der Waals surface area contributed by atoms with Gasteiger partial charge in [0.1, 0.15) is 19.8 Å². The summed E-state index contributed by atoms with van der Waals surface area (Å²) in [4.78, 5) is 35.5. The lowest BCUT2D eigenvalue weighted by atomic mass is 10.1. The monoisotopic (exact) mass is 905 g/mol. The summed E-state index contributed by atoms with van der Waals surface area (Å²) < 4.78 is 40.0. The summed E-state index contributed by atoms with van der Waals surface area (Å²) >= 11 is 0. The van der Waals surface area contributed by atoms with Crippen LogP contribution in [0.15, 0.2) is 72.9 Å². The molecular formula is C52H91NO9P+. The van der Waals surface area contributed by atoms with E-state index in [1.165, 1.54) is 89.9 Å². The van der Waals surface area contributed by atoms with Gasteiger partial charge in [-0.25, -0.2) is 4.57 Å². The second kappa shape index (κ2) is 39.7. The zero-order valence-electron chi connectivity index (χ0n) is 40.5. The van der Waals surface area contributed by atoms with Gasteiger partial charge >= 0.3 is 19.8 Å². The molecule has 10 nitrogen and oxygen atoms in total. The lowest BCUT2D eigenvalue weighted by Gasteiger charge is -2.24. The number of likely N-dealkylation sites (N-methyl/N-ethyl adjacent to an activating group) is 1. The minimum atomic E-state index is -4.41.